The molecule has 1 heterocycles. The summed E-state index contributed by atoms with van der Waals surface area (Å²) in [6.07, 6.45) is 1.76. The molecule has 1 aromatic heterocycles. The molecule has 0 aliphatic heterocycles. The van der Waals surface area contributed by atoms with Crippen LogP contribution in [0.1, 0.15) is 5.56 Å². The predicted octanol–water partition coefficient (Wildman–Crippen LogP) is 3.05. The summed E-state index contributed by atoms with van der Waals surface area (Å²) < 4.78 is 1.74. The van der Waals surface area contributed by atoms with E-state index in [0.717, 1.165) is 23.6 Å². The lowest BCUT2D eigenvalue weighted by molar-refractivity contribution is 1.32. The van der Waals surface area contributed by atoms with E-state index in [4.69, 9.17) is 0 Å². The number of aromatic nitrogens is 1. The van der Waals surface area contributed by atoms with Crippen molar-refractivity contribution in [2.24, 2.45) is 0 Å². The van der Waals surface area contributed by atoms with Crippen molar-refractivity contribution in [1.29, 1.82) is 0 Å². The molecule has 2 nitrogen and oxygen atoms in total. The summed E-state index contributed by atoms with van der Waals surface area (Å²) >= 11 is 4.25. The Morgan fingerprint density at radius 2 is 1.93 bits per heavy atom. The Morgan fingerprint density at radius 3 is 2.64 bits per heavy atom. The smallest absolute Gasteiger partial charge is 0.203 e. The highest BCUT2D eigenvalue weighted by molar-refractivity contribution is 14.1. The minimum atomic E-state index is 0.118. The number of fused-ring (bicyclic) bond motifs is 1. The van der Waals surface area contributed by atoms with Gasteiger partial charge in [0.05, 0.1) is 14.5 Å². The molecule has 0 amide bonds. The second kappa shape index (κ2) is 3.80. The van der Waals surface area contributed by atoms with Crippen LogP contribution >= 0.6 is 45.2 Å². The molecule has 0 saturated heterocycles. The van der Waals surface area contributed by atoms with Gasteiger partial charge in [0.15, 0.2) is 0 Å². The minimum absolute atomic E-state index is 0.118. The summed E-state index contributed by atoms with van der Waals surface area (Å²) in [5.74, 6) is 0. The first-order valence-electron chi connectivity index (χ1n) is 4.07. The van der Waals surface area contributed by atoms with E-state index in [1.807, 2.05) is 19.1 Å². The van der Waals surface area contributed by atoms with Crippen molar-refractivity contribution in [2.45, 2.75) is 6.92 Å². The van der Waals surface area contributed by atoms with Crippen LogP contribution in [0.15, 0.2) is 23.1 Å². The van der Waals surface area contributed by atoms with Crippen molar-refractivity contribution in [3.8, 4) is 0 Å². The van der Waals surface area contributed by atoms with Crippen LogP contribution in [-0.2, 0) is 0 Å². The quantitative estimate of drug-likeness (QED) is 0.665. The van der Waals surface area contributed by atoms with Crippen LogP contribution in [-0.4, -0.2) is 4.98 Å². The van der Waals surface area contributed by atoms with Crippen molar-refractivity contribution < 1.29 is 0 Å². The Morgan fingerprint density at radius 1 is 1.21 bits per heavy atom. The van der Waals surface area contributed by atoms with E-state index in [2.05, 4.69) is 50.2 Å². The van der Waals surface area contributed by atoms with Crippen LogP contribution in [0.4, 0.5) is 0 Å². The third-order valence-electron chi connectivity index (χ3n) is 2.15. The lowest BCUT2D eigenvalue weighted by Crippen LogP contribution is -2.08. The standard InChI is InChI=1S/C10H7I2NO/c1-5-2-3-6(11)8-9(5)13-4-7(12)10(8)14/h2-4H,1H3,(H,13,14). The molecule has 0 bridgehead atoms. The Labute approximate surface area is 108 Å². The summed E-state index contributed by atoms with van der Waals surface area (Å²) in [7, 11) is 0. The lowest BCUT2D eigenvalue weighted by atomic mass is 10.1. The van der Waals surface area contributed by atoms with Gasteiger partial charge in [0.2, 0.25) is 5.43 Å². The normalized spacial score (nSPS) is 10.8. The van der Waals surface area contributed by atoms with Gasteiger partial charge in [-0.3, -0.25) is 4.79 Å². The van der Waals surface area contributed by atoms with E-state index in [0.29, 0.717) is 0 Å². The first-order valence-corrected chi connectivity index (χ1v) is 6.23. The summed E-state index contributed by atoms with van der Waals surface area (Å²) in [6.45, 7) is 2.00. The fraction of sp³-hybridized carbons (Fsp3) is 0.100. The van der Waals surface area contributed by atoms with Crippen LogP contribution in [0, 0.1) is 14.1 Å². The molecule has 1 N–H and O–H groups in total. The van der Waals surface area contributed by atoms with Gasteiger partial charge in [0.1, 0.15) is 0 Å². The van der Waals surface area contributed by atoms with Crippen LogP contribution in [0.25, 0.3) is 10.9 Å². The molecular formula is C10H7I2NO. The van der Waals surface area contributed by atoms with E-state index in [1.54, 1.807) is 6.20 Å². The number of hydrogen-bond acceptors (Lipinski definition) is 1. The van der Waals surface area contributed by atoms with Crippen molar-refractivity contribution in [3.63, 3.8) is 0 Å². The molecule has 0 aliphatic carbocycles. The Balaban J connectivity index is 3.09. The van der Waals surface area contributed by atoms with Gasteiger partial charge in [-0.2, -0.15) is 0 Å². The minimum Gasteiger partial charge on any atom is -0.360 e. The van der Waals surface area contributed by atoms with E-state index >= 15 is 0 Å². The molecule has 72 valence electrons. The maximum Gasteiger partial charge on any atom is 0.203 e. The summed E-state index contributed by atoms with van der Waals surface area (Å²) in [4.78, 5) is 15.0. The molecule has 4 heteroatoms. The Hall–Kier alpha value is -0.110. The average molecular weight is 411 g/mol. The maximum absolute atomic E-state index is 11.9. The number of rotatable bonds is 0. The number of aromatic amines is 1. The molecular weight excluding hydrogens is 404 g/mol. The second-order valence-electron chi connectivity index (χ2n) is 3.08. The van der Waals surface area contributed by atoms with Gasteiger partial charge < -0.3 is 4.98 Å². The summed E-state index contributed by atoms with van der Waals surface area (Å²) in [5, 5.41) is 0.803. The van der Waals surface area contributed by atoms with Crippen molar-refractivity contribution in [3.05, 3.63) is 41.3 Å². The zero-order valence-electron chi connectivity index (χ0n) is 7.40. The Bertz CT molecular complexity index is 560. The predicted molar refractivity (Wildman–Crippen MR) is 74.7 cm³/mol. The molecule has 0 fully saturated rings. The van der Waals surface area contributed by atoms with E-state index in [9.17, 15) is 4.79 Å². The number of aryl methyl sites for hydroxylation is 1. The molecule has 1 aromatic carbocycles. The molecule has 0 spiro atoms. The van der Waals surface area contributed by atoms with E-state index < -0.39 is 0 Å². The number of H-pyrrole nitrogens is 1. The third kappa shape index (κ3) is 1.58. The number of hydrogen-bond donors (Lipinski definition) is 1. The monoisotopic (exact) mass is 411 g/mol. The molecule has 0 radical (unpaired) electrons. The molecule has 2 aromatic rings. The van der Waals surface area contributed by atoms with Crippen LogP contribution in [0.3, 0.4) is 0 Å². The highest BCUT2D eigenvalue weighted by atomic mass is 127. The fourth-order valence-corrected chi connectivity index (χ4v) is 2.53. The zero-order chi connectivity index (χ0) is 10.3. The second-order valence-corrected chi connectivity index (χ2v) is 5.40. The number of pyridine rings is 1. The van der Waals surface area contributed by atoms with Crippen LogP contribution < -0.4 is 5.43 Å². The fourth-order valence-electron chi connectivity index (χ4n) is 1.41. The zero-order valence-corrected chi connectivity index (χ0v) is 11.7. The highest BCUT2D eigenvalue weighted by Crippen LogP contribution is 2.19. The van der Waals surface area contributed by atoms with Crippen molar-refractivity contribution >= 4 is 56.1 Å². The SMILES string of the molecule is Cc1ccc(I)c2c(=O)c(I)c[nH]c12. The summed E-state index contributed by atoms with van der Waals surface area (Å²) in [5.41, 5.74) is 2.17. The molecule has 0 atom stereocenters. The van der Waals surface area contributed by atoms with Gasteiger partial charge in [0.25, 0.3) is 0 Å². The van der Waals surface area contributed by atoms with Gasteiger partial charge in [-0.05, 0) is 63.7 Å². The largest absolute Gasteiger partial charge is 0.360 e. The Kier molecular flexibility index (Phi) is 2.83. The first kappa shape index (κ1) is 10.4. The van der Waals surface area contributed by atoms with E-state index in [1.165, 1.54) is 0 Å². The first-order chi connectivity index (χ1) is 6.61. The molecule has 2 rings (SSSR count). The van der Waals surface area contributed by atoms with Gasteiger partial charge in [-0.15, -0.1) is 0 Å². The van der Waals surface area contributed by atoms with E-state index in [-0.39, 0.29) is 5.43 Å². The number of benzene rings is 1. The van der Waals surface area contributed by atoms with Crippen LogP contribution in [0.2, 0.25) is 0 Å². The molecule has 14 heavy (non-hydrogen) atoms. The van der Waals surface area contributed by atoms with Gasteiger partial charge in [-0.1, -0.05) is 6.07 Å². The van der Waals surface area contributed by atoms with Gasteiger partial charge in [0, 0.05) is 9.77 Å². The van der Waals surface area contributed by atoms with Gasteiger partial charge >= 0.3 is 0 Å². The lowest BCUT2D eigenvalue weighted by Gasteiger charge is -2.03. The number of halogens is 2. The third-order valence-corrected chi connectivity index (χ3v) is 3.85. The van der Waals surface area contributed by atoms with Gasteiger partial charge in [-0.25, -0.2) is 0 Å². The van der Waals surface area contributed by atoms with Crippen LogP contribution in [0.5, 0.6) is 0 Å². The number of nitrogens with one attached hydrogen (secondary N) is 1. The van der Waals surface area contributed by atoms with Crippen molar-refractivity contribution in [2.75, 3.05) is 0 Å². The molecule has 0 unspecified atom stereocenters. The van der Waals surface area contributed by atoms with Crippen molar-refractivity contribution in [1.82, 2.24) is 4.98 Å². The maximum atomic E-state index is 11.9. The average Bonchev–Trinajstić information content (AvgIpc) is 2.16. The molecule has 0 aliphatic rings. The molecule has 0 saturated carbocycles. The topological polar surface area (TPSA) is 32.9 Å². The summed E-state index contributed by atoms with van der Waals surface area (Å²) in [6, 6.07) is 4.00. The highest BCUT2D eigenvalue weighted by Gasteiger charge is 2.07.